The highest BCUT2D eigenvalue weighted by Crippen LogP contribution is 2.07. The summed E-state index contributed by atoms with van der Waals surface area (Å²) < 4.78 is 0. The molecule has 0 saturated carbocycles. The predicted molar refractivity (Wildman–Crippen MR) is 49.0 cm³/mol. The number of aliphatic hydroxyl groups is 1. The third kappa shape index (κ3) is 3.12. The Hall–Kier alpha value is -0.940. The van der Waals surface area contributed by atoms with Gasteiger partial charge in [-0.2, -0.15) is 5.10 Å². The van der Waals surface area contributed by atoms with Crippen molar-refractivity contribution in [1.82, 2.24) is 20.5 Å². The monoisotopic (exact) mass is 184 g/mol. The normalized spacial score (nSPS) is 14.5. The Kier molecular flexibility index (Phi) is 3.00. The van der Waals surface area contributed by atoms with Crippen LogP contribution in [0.2, 0.25) is 0 Å². The Balaban J connectivity index is 2.35. The van der Waals surface area contributed by atoms with Gasteiger partial charge in [-0.05, 0) is 20.8 Å². The molecule has 1 unspecified atom stereocenters. The zero-order chi connectivity index (χ0) is 9.90. The molecule has 74 valence electrons. The molecule has 0 aliphatic carbocycles. The van der Waals surface area contributed by atoms with E-state index in [-0.39, 0.29) is 6.04 Å². The van der Waals surface area contributed by atoms with E-state index in [1.165, 1.54) is 6.33 Å². The van der Waals surface area contributed by atoms with E-state index < -0.39 is 5.60 Å². The maximum absolute atomic E-state index is 9.61. The van der Waals surface area contributed by atoms with E-state index in [1.807, 2.05) is 6.92 Å². The second-order valence-electron chi connectivity index (χ2n) is 3.69. The van der Waals surface area contributed by atoms with Gasteiger partial charge in [0, 0.05) is 6.04 Å². The van der Waals surface area contributed by atoms with Crippen LogP contribution < -0.4 is 5.32 Å². The molecule has 0 aromatic carbocycles. The average Bonchev–Trinajstić information content (AvgIpc) is 2.50. The molecule has 5 heteroatoms. The van der Waals surface area contributed by atoms with Gasteiger partial charge in [-0.1, -0.05) is 0 Å². The van der Waals surface area contributed by atoms with E-state index in [2.05, 4.69) is 20.5 Å². The van der Waals surface area contributed by atoms with Crippen LogP contribution in [0.4, 0.5) is 0 Å². The second kappa shape index (κ2) is 3.85. The third-order valence-corrected chi connectivity index (χ3v) is 2.10. The van der Waals surface area contributed by atoms with Gasteiger partial charge in [0.2, 0.25) is 0 Å². The minimum atomic E-state index is -0.722. The number of aromatic amines is 1. The van der Waals surface area contributed by atoms with Crippen LogP contribution in [-0.2, 0) is 6.54 Å². The van der Waals surface area contributed by atoms with Gasteiger partial charge in [-0.3, -0.25) is 5.10 Å². The number of nitrogens with zero attached hydrogens (tertiary/aromatic N) is 2. The summed E-state index contributed by atoms with van der Waals surface area (Å²) in [7, 11) is 0. The summed E-state index contributed by atoms with van der Waals surface area (Å²) in [5.41, 5.74) is -0.722. The summed E-state index contributed by atoms with van der Waals surface area (Å²) >= 11 is 0. The molecule has 3 N–H and O–H groups in total. The van der Waals surface area contributed by atoms with Gasteiger partial charge in [0.15, 0.2) is 0 Å². The van der Waals surface area contributed by atoms with Crippen LogP contribution in [0.1, 0.15) is 26.6 Å². The lowest BCUT2D eigenvalue weighted by Gasteiger charge is -2.26. The molecule has 1 atom stereocenters. The molecule has 0 aliphatic rings. The lowest BCUT2D eigenvalue weighted by Crippen LogP contribution is -2.44. The fraction of sp³-hybridized carbons (Fsp3) is 0.750. The van der Waals surface area contributed by atoms with Crippen molar-refractivity contribution in [3.8, 4) is 0 Å². The fourth-order valence-corrected chi connectivity index (χ4v) is 0.816. The number of aromatic nitrogens is 3. The topological polar surface area (TPSA) is 73.8 Å². The van der Waals surface area contributed by atoms with Gasteiger partial charge in [0.25, 0.3) is 0 Å². The van der Waals surface area contributed by atoms with E-state index in [1.54, 1.807) is 13.8 Å². The molecule has 0 radical (unpaired) electrons. The fourth-order valence-electron chi connectivity index (χ4n) is 0.816. The minimum Gasteiger partial charge on any atom is -0.389 e. The zero-order valence-corrected chi connectivity index (χ0v) is 8.20. The smallest absolute Gasteiger partial charge is 0.138 e. The van der Waals surface area contributed by atoms with E-state index in [0.717, 1.165) is 5.82 Å². The molecule has 0 saturated heterocycles. The van der Waals surface area contributed by atoms with Crippen molar-refractivity contribution >= 4 is 0 Å². The van der Waals surface area contributed by atoms with Crippen LogP contribution in [0.25, 0.3) is 0 Å². The highest BCUT2D eigenvalue weighted by Gasteiger charge is 2.21. The zero-order valence-electron chi connectivity index (χ0n) is 8.20. The summed E-state index contributed by atoms with van der Waals surface area (Å²) in [6, 6.07) is 0.0117. The Labute approximate surface area is 77.6 Å². The molecule has 1 aromatic heterocycles. The van der Waals surface area contributed by atoms with Crippen molar-refractivity contribution in [2.24, 2.45) is 0 Å². The first-order valence-corrected chi connectivity index (χ1v) is 4.30. The number of hydrogen-bond donors (Lipinski definition) is 3. The van der Waals surface area contributed by atoms with Crippen LogP contribution in [0.5, 0.6) is 0 Å². The van der Waals surface area contributed by atoms with E-state index in [0.29, 0.717) is 6.54 Å². The summed E-state index contributed by atoms with van der Waals surface area (Å²) in [5.74, 6) is 0.774. The molecular weight excluding hydrogens is 168 g/mol. The van der Waals surface area contributed by atoms with E-state index in [9.17, 15) is 5.11 Å². The maximum atomic E-state index is 9.61. The summed E-state index contributed by atoms with van der Waals surface area (Å²) in [5, 5.41) is 19.2. The first-order valence-electron chi connectivity index (χ1n) is 4.30. The molecule has 0 amide bonds. The lowest BCUT2D eigenvalue weighted by atomic mass is 10.0. The molecule has 0 spiro atoms. The van der Waals surface area contributed by atoms with Crippen LogP contribution in [0.3, 0.4) is 0 Å². The number of hydrogen-bond acceptors (Lipinski definition) is 4. The summed E-state index contributed by atoms with van der Waals surface area (Å²) in [6.07, 6.45) is 1.46. The highest BCUT2D eigenvalue weighted by atomic mass is 16.3. The first-order chi connectivity index (χ1) is 6.00. The van der Waals surface area contributed by atoms with Crippen molar-refractivity contribution in [2.45, 2.75) is 39.0 Å². The Morgan fingerprint density at radius 3 is 2.85 bits per heavy atom. The summed E-state index contributed by atoms with van der Waals surface area (Å²) in [6.45, 7) is 6.05. The number of rotatable bonds is 4. The molecule has 1 rings (SSSR count). The first kappa shape index (κ1) is 10.1. The van der Waals surface area contributed by atoms with Crippen molar-refractivity contribution in [1.29, 1.82) is 0 Å². The molecule has 5 nitrogen and oxygen atoms in total. The van der Waals surface area contributed by atoms with E-state index in [4.69, 9.17) is 0 Å². The average molecular weight is 184 g/mol. The maximum Gasteiger partial charge on any atom is 0.138 e. The standard InChI is InChI=1S/C8H16N4O/c1-6(8(2,3)13)9-4-7-10-5-11-12-7/h5-6,9,13H,4H2,1-3H3,(H,10,11,12). The minimum absolute atomic E-state index is 0.0117. The molecule has 1 aromatic rings. The molecule has 0 bridgehead atoms. The quantitative estimate of drug-likeness (QED) is 0.618. The van der Waals surface area contributed by atoms with Crippen molar-refractivity contribution in [3.63, 3.8) is 0 Å². The van der Waals surface area contributed by atoms with Crippen molar-refractivity contribution < 1.29 is 5.11 Å². The van der Waals surface area contributed by atoms with Gasteiger partial charge in [-0.25, -0.2) is 4.98 Å². The largest absolute Gasteiger partial charge is 0.389 e. The molecule has 13 heavy (non-hydrogen) atoms. The van der Waals surface area contributed by atoms with Gasteiger partial charge in [-0.15, -0.1) is 0 Å². The third-order valence-electron chi connectivity index (χ3n) is 2.10. The van der Waals surface area contributed by atoms with Crippen LogP contribution >= 0.6 is 0 Å². The molecular formula is C8H16N4O. The highest BCUT2D eigenvalue weighted by molar-refractivity contribution is 4.84. The van der Waals surface area contributed by atoms with Crippen LogP contribution in [-0.4, -0.2) is 31.9 Å². The van der Waals surface area contributed by atoms with Gasteiger partial charge < -0.3 is 10.4 Å². The molecule has 0 aliphatic heterocycles. The Morgan fingerprint density at radius 2 is 2.38 bits per heavy atom. The van der Waals surface area contributed by atoms with Gasteiger partial charge in [0.05, 0.1) is 12.1 Å². The Bertz CT molecular complexity index is 239. The Morgan fingerprint density at radius 1 is 1.69 bits per heavy atom. The van der Waals surface area contributed by atoms with Gasteiger partial charge in [0.1, 0.15) is 12.2 Å². The number of nitrogens with one attached hydrogen (secondary N) is 2. The molecule has 1 heterocycles. The van der Waals surface area contributed by atoms with Crippen molar-refractivity contribution in [3.05, 3.63) is 12.2 Å². The predicted octanol–water partition coefficient (Wildman–Crippen LogP) is 0.0537. The van der Waals surface area contributed by atoms with Crippen LogP contribution in [0.15, 0.2) is 6.33 Å². The van der Waals surface area contributed by atoms with Crippen LogP contribution in [0, 0.1) is 0 Å². The number of H-pyrrole nitrogens is 1. The second-order valence-corrected chi connectivity index (χ2v) is 3.69. The van der Waals surface area contributed by atoms with E-state index >= 15 is 0 Å². The SMILES string of the molecule is CC(NCc1ncn[nH]1)C(C)(C)O. The lowest BCUT2D eigenvalue weighted by molar-refractivity contribution is 0.0435. The molecule has 0 fully saturated rings. The van der Waals surface area contributed by atoms with Crippen molar-refractivity contribution in [2.75, 3.05) is 0 Å². The van der Waals surface area contributed by atoms with Gasteiger partial charge >= 0.3 is 0 Å². The summed E-state index contributed by atoms with van der Waals surface area (Å²) in [4.78, 5) is 3.96.